The van der Waals surface area contributed by atoms with Gasteiger partial charge in [0, 0.05) is 28.9 Å². The lowest BCUT2D eigenvalue weighted by Gasteiger charge is -2.30. The van der Waals surface area contributed by atoms with E-state index in [0.29, 0.717) is 41.7 Å². The minimum absolute atomic E-state index is 0.0531. The van der Waals surface area contributed by atoms with Crippen LogP contribution < -0.4 is 5.32 Å². The van der Waals surface area contributed by atoms with Crippen LogP contribution in [0.2, 0.25) is 10.0 Å². The van der Waals surface area contributed by atoms with Crippen molar-refractivity contribution in [3.63, 3.8) is 0 Å². The number of hydrogen-bond donors (Lipinski definition) is 1. The lowest BCUT2D eigenvalue weighted by molar-refractivity contribution is -0.138. The van der Waals surface area contributed by atoms with Gasteiger partial charge in [0.05, 0.1) is 5.75 Å². The van der Waals surface area contributed by atoms with Crippen LogP contribution in [0.3, 0.4) is 0 Å². The predicted octanol–water partition coefficient (Wildman–Crippen LogP) is 5.60. The zero-order valence-electron chi connectivity index (χ0n) is 18.1. The quantitative estimate of drug-likeness (QED) is 0.429. The Kier molecular flexibility index (Phi) is 11.3. The predicted molar refractivity (Wildman–Crippen MR) is 132 cm³/mol. The fraction of sp³-hybridized carbons (Fsp3) is 0.417. The first-order valence-corrected chi connectivity index (χ1v) is 12.5. The van der Waals surface area contributed by atoms with Crippen molar-refractivity contribution in [1.29, 1.82) is 0 Å². The highest BCUT2D eigenvalue weighted by Gasteiger charge is 2.28. The zero-order valence-corrected chi connectivity index (χ0v) is 20.4. The maximum atomic E-state index is 13.2. The van der Waals surface area contributed by atoms with Crippen LogP contribution in [0.4, 0.5) is 0 Å². The van der Waals surface area contributed by atoms with Crippen molar-refractivity contribution < 1.29 is 9.59 Å². The molecular weight excluding hydrogens is 451 g/mol. The summed E-state index contributed by atoms with van der Waals surface area (Å²) in [6.07, 6.45) is 2.12. The van der Waals surface area contributed by atoms with Crippen LogP contribution in [0.25, 0.3) is 0 Å². The number of benzene rings is 2. The molecule has 0 aromatic heterocycles. The molecule has 7 heteroatoms. The Balaban J connectivity index is 2.07. The van der Waals surface area contributed by atoms with Gasteiger partial charge < -0.3 is 10.2 Å². The van der Waals surface area contributed by atoms with E-state index >= 15 is 0 Å². The summed E-state index contributed by atoms with van der Waals surface area (Å²) in [6, 6.07) is 14.9. The third-order valence-corrected chi connectivity index (χ3v) is 6.61. The van der Waals surface area contributed by atoms with Crippen molar-refractivity contribution in [2.75, 3.05) is 18.8 Å². The molecule has 168 valence electrons. The Morgan fingerprint density at radius 2 is 1.71 bits per heavy atom. The highest BCUT2D eigenvalue weighted by atomic mass is 35.5. The monoisotopic (exact) mass is 480 g/mol. The average molecular weight is 481 g/mol. The number of carbonyl (C=O) groups is 2. The number of nitrogens with one attached hydrogen (secondary N) is 1. The van der Waals surface area contributed by atoms with E-state index in [1.54, 1.807) is 23.1 Å². The Hall–Kier alpha value is -1.69. The maximum Gasteiger partial charge on any atom is 0.242 e. The van der Waals surface area contributed by atoms with E-state index in [0.717, 1.165) is 17.5 Å². The summed E-state index contributed by atoms with van der Waals surface area (Å²) in [7, 11) is 0. The Morgan fingerprint density at radius 3 is 2.32 bits per heavy atom. The summed E-state index contributed by atoms with van der Waals surface area (Å²) in [5.74, 6) is 0.649. The number of hydrogen-bond acceptors (Lipinski definition) is 3. The van der Waals surface area contributed by atoms with Gasteiger partial charge in [0.15, 0.2) is 0 Å². The molecule has 4 nitrogen and oxygen atoms in total. The van der Waals surface area contributed by atoms with Crippen LogP contribution in [0.5, 0.6) is 0 Å². The summed E-state index contributed by atoms with van der Waals surface area (Å²) >= 11 is 13.9. The standard InChI is InChI=1S/C24H30Cl2N2O2S/c1-3-14-27-24(30)22(4-2)28(15-13-18-9-6-5-7-10-18)23(29)17-31-16-19-20(25)11-8-12-21(19)26/h5-12,22H,3-4,13-17H2,1-2H3,(H,27,30)/t22-/m1/s1. The van der Waals surface area contributed by atoms with Crippen molar-refractivity contribution in [2.45, 2.75) is 44.9 Å². The number of thioether (sulfide) groups is 1. The molecule has 1 atom stereocenters. The summed E-state index contributed by atoms with van der Waals surface area (Å²) < 4.78 is 0. The van der Waals surface area contributed by atoms with E-state index in [4.69, 9.17) is 23.2 Å². The van der Waals surface area contributed by atoms with E-state index < -0.39 is 6.04 Å². The van der Waals surface area contributed by atoms with Gasteiger partial charge in [0.25, 0.3) is 0 Å². The Labute approximate surface area is 199 Å². The molecule has 0 aliphatic rings. The van der Waals surface area contributed by atoms with Crippen LogP contribution in [0.15, 0.2) is 48.5 Å². The molecule has 2 amide bonds. The number of rotatable bonds is 12. The first-order chi connectivity index (χ1) is 15.0. The number of carbonyl (C=O) groups excluding carboxylic acids is 2. The molecule has 0 unspecified atom stereocenters. The van der Waals surface area contributed by atoms with Crippen molar-refractivity contribution in [2.24, 2.45) is 0 Å². The van der Waals surface area contributed by atoms with Gasteiger partial charge in [-0.25, -0.2) is 0 Å². The normalized spacial score (nSPS) is 11.7. The molecule has 1 N–H and O–H groups in total. The fourth-order valence-electron chi connectivity index (χ4n) is 3.26. The van der Waals surface area contributed by atoms with E-state index in [9.17, 15) is 9.59 Å². The highest BCUT2D eigenvalue weighted by Crippen LogP contribution is 2.28. The van der Waals surface area contributed by atoms with Crippen molar-refractivity contribution in [3.05, 3.63) is 69.7 Å². The maximum absolute atomic E-state index is 13.2. The number of amides is 2. The molecule has 0 fully saturated rings. The molecule has 0 heterocycles. The Bertz CT molecular complexity index is 828. The molecular formula is C24H30Cl2N2O2S. The molecule has 2 aromatic rings. The minimum Gasteiger partial charge on any atom is -0.354 e. The van der Waals surface area contributed by atoms with Gasteiger partial charge in [0.2, 0.25) is 11.8 Å². The lowest BCUT2D eigenvalue weighted by Crippen LogP contribution is -2.50. The summed E-state index contributed by atoms with van der Waals surface area (Å²) in [5, 5.41) is 4.13. The second kappa shape index (κ2) is 13.7. The van der Waals surface area contributed by atoms with Crippen LogP contribution >= 0.6 is 35.0 Å². The smallest absolute Gasteiger partial charge is 0.242 e. The third-order valence-electron chi connectivity index (χ3n) is 4.95. The van der Waals surface area contributed by atoms with Gasteiger partial charge in [-0.2, -0.15) is 0 Å². The van der Waals surface area contributed by atoms with Gasteiger partial charge in [-0.3, -0.25) is 9.59 Å². The van der Waals surface area contributed by atoms with Gasteiger partial charge >= 0.3 is 0 Å². The van der Waals surface area contributed by atoms with Crippen LogP contribution in [-0.4, -0.2) is 41.6 Å². The van der Waals surface area contributed by atoms with Crippen LogP contribution in [0, 0.1) is 0 Å². The first-order valence-electron chi connectivity index (χ1n) is 10.6. The van der Waals surface area contributed by atoms with E-state index in [2.05, 4.69) is 5.32 Å². The molecule has 31 heavy (non-hydrogen) atoms. The second-order valence-corrected chi connectivity index (χ2v) is 9.03. The van der Waals surface area contributed by atoms with Crippen molar-refractivity contribution >= 4 is 46.8 Å². The molecule has 0 saturated carbocycles. The number of nitrogens with zero attached hydrogens (tertiary/aromatic N) is 1. The largest absolute Gasteiger partial charge is 0.354 e. The molecule has 2 rings (SSSR count). The van der Waals surface area contributed by atoms with E-state index in [1.165, 1.54) is 11.8 Å². The average Bonchev–Trinajstić information content (AvgIpc) is 2.77. The number of halogens is 2. The molecule has 0 radical (unpaired) electrons. The molecule has 0 spiro atoms. The van der Waals surface area contributed by atoms with Gasteiger partial charge in [0.1, 0.15) is 6.04 Å². The SMILES string of the molecule is CCCNC(=O)[C@@H](CC)N(CCc1ccccc1)C(=O)CSCc1c(Cl)cccc1Cl. The van der Waals surface area contributed by atoms with Crippen molar-refractivity contribution in [3.8, 4) is 0 Å². The summed E-state index contributed by atoms with van der Waals surface area (Å²) in [6.45, 7) is 5.05. The Morgan fingerprint density at radius 1 is 1.03 bits per heavy atom. The van der Waals surface area contributed by atoms with Gasteiger partial charge in [-0.15, -0.1) is 11.8 Å². The molecule has 0 aliphatic heterocycles. The highest BCUT2D eigenvalue weighted by molar-refractivity contribution is 7.99. The van der Waals surface area contributed by atoms with Gasteiger partial charge in [-0.1, -0.05) is 73.4 Å². The zero-order chi connectivity index (χ0) is 22.6. The second-order valence-electron chi connectivity index (χ2n) is 7.23. The van der Waals surface area contributed by atoms with Gasteiger partial charge in [-0.05, 0) is 42.5 Å². The fourth-order valence-corrected chi connectivity index (χ4v) is 4.90. The molecule has 0 aliphatic carbocycles. The summed E-state index contributed by atoms with van der Waals surface area (Å²) in [5.41, 5.74) is 1.96. The van der Waals surface area contributed by atoms with Crippen LogP contribution in [-0.2, 0) is 21.8 Å². The lowest BCUT2D eigenvalue weighted by atomic mass is 10.1. The van der Waals surface area contributed by atoms with E-state index in [-0.39, 0.29) is 17.6 Å². The molecule has 0 saturated heterocycles. The molecule has 0 bridgehead atoms. The first kappa shape index (κ1) is 25.6. The topological polar surface area (TPSA) is 49.4 Å². The van der Waals surface area contributed by atoms with E-state index in [1.807, 2.05) is 44.2 Å². The third kappa shape index (κ3) is 8.06. The molecule has 2 aromatic carbocycles. The minimum atomic E-state index is -0.479. The summed E-state index contributed by atoms with van der Waals surface area (Å²) in [4.78, 5) is 27.6. The van der Waals surface area contributed by atoms with Crippen LogP contribution in [0.1, 0.15) is 37.8 Å². The van der Waals surface area contributed by atoms with Crippen molar-refractivity contribution in [1.82, 2.24) is 10.2 Å².